The minimum absolute atomic E-state index is 0.0473. The van der Waals surface area contributed by atoms with E-state index in [4.69, 9.17) is 11.6 Å². The lowest BCUT2D eigenvalue weighted by Gasteiger charge is -2.08. The van der Waals surface area contributed by atoms with Crippen LogP contribution in [0.5, 0.6) is 5.75 Å². The molecule has 0 atom stereocenters. The van der Waals surface area contributed by atoms with Gasteiger partial charge in [-0.05, 0) is 35.9 Å². The van der Waals surface area contributed by atoms with Crippen molar-refractivity contribution in [3.05, 3.63) is 59.1 Å². The first-order valence-electron chi connectivity index (χ1n) is 6.70. The molecule has 3 nitrogen and oxygen atoms in total. The fourth-order valence-corrected chi connectivity index (χ4v) is 2.90. The Bertz CT molecular complexity index is 653. The number of anilines is 1. The number of amides is 1. The normalized spacial score (nSPS) is 10.6. The summed E-state index contributed by atoms with van der Waals surface area (Å²) in [6, 6.07) is 13.2. The molecule has 1 amide bonds. The molecule has 0 aliphatic rings. The van der Waals surface area contributed by atoms with Crippen LogP contribution in [0.2, 0.25) is 5.02 Å². The van der Waals surface area contributed by atoms with Crippen LogP contribution < -0.4 is 10.1 Å². The van der Waals surface area contributed by atoms with Crippen LogP contribution in [-0.2, 0) is 10.5 Å². The lowest BCUT2D eigenvalue weighted by atomic mass is 10.2. The van der Waals surface area contributed by atoms with Gasteiger partial charge < -0.3 is 10.1 Å². The highest BCUT2D eigenvalue weighted by atomic mass is 35.5. The number of hydrogen-bond acceptors (Lipinski definition) is 3. The summed E-state index contributed by atoms with van der Waals surface area (Å²) in [5, 5.41) is 3.36. The van der Waals surface area contributed by atoms with Gasteiger partial charge in [-0.2, -0.15) is 8.78 Å². The average molecular weight is 358 g/mol. The van der Waals surface area contributed by atoms with Gasteiger partial charge in [0.2, 0.25) is 5.91 Å². The molecule has 0 unspecified atom stereocenters. The van der Waals surface area contributed by atoms with Crippen LogP contribution in [0.25, 0.3) is 0 Å². The quantitative estimate of drug-likeness (QED) is 0.772. The summed E-state index contributed by atoms with van der Waals surface area (Å²) in [5.41, 5.74) is 1.50. The number of carbonyl (C=O) groups is 1. The van der Waals surface area contributed by atoms with Gasteiger partial charge in [-0.1, -0.05) is 29.8 Å². The molecule has 0 bridgehead atoms. The van der Waals surface area contributed by atoms with E-state index in [9.17, 15) is 13.6 Å². The zero-order chi connectivity index (χ0) is 16.7. The average Bonchev–Trinajstić information content (AvgIpc) is 2.51. The summed E-state index contributed by atoms with van der Waals surface area (Å²) >= 11 is 7.48. The van der Waals surface area contributed by atoms with E-state index in [-0.39, 0.29) is 17.4 Å². The Morgan fingerprint density at radius 3 is 2.52 bits per heavy atom. The largest absolute Gasteiger partial charge is 0.435 e. The van der Waals surface area contributed by atoms with Gasteiger partial charge in [-0.25, -0.2) is 0 Å². The molecule has 0 aliphatic carbocycles. The van der Waals surface area contributed by atoms with Gasteiger partial charge in [0.15, 0.2) is 0 Å². The van der Waals surface area contributed by atoms with E-state index in [1.165, 1.54) is 36.0 Å². The van der Waals surface area contributed by atoms with Crippen LogP contribution in [-0.4, -0.2) is 18.3 Å². The first-order valence-corrected chi connectivity index (χ1v) is 8.24. The summed E-state index contributed by atoms with van der Waals surface area (Å²) in [7, 11) is 0. The summed E-state index contributed by atoms with van der Waals surface area (Å²) in [6.45, 7) is -2.86. The number of alkyl halides is 2. The van der Waals surface area contributed by atoms with E-state index in [2.05, 4.69) is 10.1 Å². The number of thioether (sulfide) groups is 1. The molecule has 0 radical (unpaired) electrons. The topological polar surface area (TPSA) is 38.3 Å². The van der Waals surface area contributed by atoms with Crippen LogP contribution in [0.4, 0.5) is 14.5 Å². The molecule has 0 saturated carbocycles. The molecular formula is C16H14ClF2NO2S. The first kappa shape index (κ1) is 17.6. The van der Waals surface area contributed by atoms with Crippen LogP contribution >= 0.6 is 23.4 Å². The second-order valence-corrected chi connectivity index (χ2v) is 5.93. The van der Waals surface area contributed by atoms with Crippen molar-refractivity contribution in [2.75, 3.05) is 11.1 Å². The Labute approximate surface area is 142 Å². The summed E-state index contributed by atoms with van der Waals surface area (Å²) in [5.74, 6) is 0.769. The molecule has 0 saturated heterocycles. The van der Waals surface area contributed by atoms with Crippen molar-refractivity contribution in [3.8, 4) is 5.75 Å². The number of halogens is 3. The van der Waals surface area contributed by atoms with E-state index in [1.54, 1.807) is 6.07 Å². The van der Waals surface area contributed by atoms with Crippen LogP contribution in [0.1, 0.15) is 5.56 Å². The lowest BCUT2D eigenvalue weighted by molar-refractivity contribution is -0.113. The highest BCUT2D eigenvalue weighted by molar-refractivity contribution is 7.99. The Kier molecular flexibility index (Phi) is 6.67. The van der Waals surface area contributed by atoms with Crippen molar-refractivity contribution in [1.29, 1.82) is 0 Å². The van der Waals surface area contributed by atoms with Gasteiger partial charge in [0.25, 0.3) is 0 Å². The Hall–Kier alpha value is -1.79. The van der Waals surface area contributed by atoms with Gasteiger partial charge in [0, 0.05) is 16.5 Å². The number of benzene rings is 2. The van der Waals surface area contributed by atoms with E-state index >= 15 is 0 Å². The predicted molar refractivity (Wildman–Crippen MR) is 89.3 cm³/mol. The third-order valence-corrected chi connectivity index (χ3v) is 4.16. The van der Waals surface area contributed by atoms with Crippen molar-refractivity contribution in [2.45, 2.75) is 12.4 Å². The van der Waals surface area contributed by atoms with Crippen molar-refractivity contribution in [3.63, 3.8) is 0 Å². The molecule has 7 heteroatoms. The molecule has 0 heterocycles. The molecule has 0 spiro atoms. The van der Waals surface area contributed by atoms with E-state index in [0.717, 1.165) is 5.56 Å². The number of hydrogen-bond donors (Lipinski definition) is 1. The molecule has 122 valence electrons. The number of carbonyl (C=O) groups excluding carboxylic acids is 1. The third-order valence-electron chi connectivity index (χ3n) is 2.81. The SMILES string of the molecule is O=C(CSCc1ccccc1Cl)Nc1ccc(OC(F)F)cc1. The fraction of sp³-hybridized carbons (Fsp3) is 0.188. The van der Waals surface area contributed by atoms with Gasteiger partial charge in [-0.15, -0.1) is 11.8 Å². The fourth-order valence-electron chi connectivity index (χ4n) is 1.79. The third kappa shape index (κ3) is 6.08. The van der Waals surface area contributed by atoms with Gasteiger partial charge in [-0.3, -0.25) is 4.79 Å². The molecule has 2 aromatic carbocycles. The van der Waals surface area contributed by atoms with Crippen LogP contribution in [0.15, 0.2) is 48.5 Å². The Morgan fingerprint density at radius 2 is 1.87 bits per heavy atom. The summed E-state index contributed by atoms with van der Waals surface area (Å²) in [4.78, 5) is 11.8. The second kappa shape index (κ2) is 8.74. The number of rotatable bonds is 7. The van der Waals surface area contributed by atoms with Gasteiger partial charge >= 0.3 is 6.61 Å². The molecule has 0 aromatic heterocycles. The maximum absolute atomic E-state index is 12.0. The first-order chi connectivity index (χ1) is 11.0. The molecule has 2 aromatic rings. The maximum Gasteiger partial charge on any atom is 0.387 e. The minimum atomic E-state index is -2.86. The predicted octanol–water partition coefficient (Wildman–Crippen LogP) is 4.81. The van der Waals surface area contributed by atoms with E-state index in [0.29, 0.717) is 16.5 Å². The van der Waals surface area contributed by atoms with E-state index in [1.807, 2.05) is 18.2 Å². The van der Waals surface area contributed by atoms with Gasteiger partial charge in [0.05, 0.1) is 5.75 Å². The van der Waals surface area contributed by atoms with Crippen molar-refractivity contribution in [2.24, 2.45) is 0 Å². The lowest BCUT2D eigenvalue weighted by Crippen LogP contribution is -2.14. The smallest absolute Gasteiger partial charge is 0.387 e. The molecular weight excluding hydrogens is 344 g/mol. The standard InChI is InChI=1S/C16H14ClF2NO2S/c17-14-4-2-1-3-11(14)9-23-10-15(21)20-12-5-7-13(8-6-12)22-16(18)19/h1-8,16H,9-10H2,(H,20,21). The molecule has 0 fully saturated rings. The molecule has 0 aliphatic heterocycles. The molecule has 23 heavy (non-hydrogen) atoms. The van der Waals surface area contributed by atoms with Crippen molar-refractivity contribution >= 4 is 35.0 Å². The number of nitrogens with one attached hydrogen (secondary N) is 1. The van der Waals surface area contributed by atoms with Crippen molar-refractivity contribution in [1.82, 2.24) is 0 Å². The Morgan fingerprint density at radius 1 is 1.17 bits per heavy atom. The highest BCUT2D eigenvalue weighted by Gasteiger charge is 2.06. The minimum Gasteiger partial charge on any atom is -0.435 e. The Balaban J connectivity index is 1.77. The zero-order valence-electron chi connectivity index (χ0n) is 12.0. The highest BCUT2D eigenvalue weighted by Crippen LogP contribution is 2.21. The zero-order valence-corrected chi connectivity index (χ0v) is 13.5. The second-order valence-electron chi connectivity index (χ2n) is 4.54. The van der Waals surface area contributed by atoms with Crippen LogP contribution in [0.3, 0.4) is 0 Å². The van der Waals surface area contributed by atoms with Crippen molar-refractivity contribution < 1.29 is 18.3 Å². The van der Waals surface area contributed by atoms with Crippen LogP contribution in [0, 0.1) is 0 Å². The van der Waals surface area contributed by atoms with Gasteiger partial charge in [0.1, 0.15) is 5.75 Å². The molecule has 1 N–H and O–H groups in total. The monoisotopic (exact) mass is 357 g/mol. The summed E-state index contributed by atoms with van der Waals surface area (Å²) in [6.07, 6.45) is 0. The number of ether oxygens (including phenoxy) is 1. The summed E-state index contributed by atoms with van der Waals surface area (Å²) < 4.78 is 28.3. The molecule has 2 rings (SSSR count). The maximum atomic E-state index is 12.0. The van der Waals surface area contributed by atoms with E-state index < -0.39 is 6.61 Å².